The molecule has 0 spiro atoms. The molecule has 1 N–H and O–H groups in total. The number of likely N-dealkylation sites (N-methyl/N-ethyl adjacent to an activating group) is 1. The van der Waals surface area contributed by atoms with E-state index in [4.69, 9.17) is 11.6 Å². The van der Waals surface area contributed by atoms with Crippen LogP contribution in [0.2, 0.25) is 5.02 Å². The molecule has 0 aromatic heterocycles. The molecule has 1 aliphatic rings. The summed E-state index contributed by atoms with van der Waals surface area (Å²) in [5.74, 6) is 0. The molecule has 0 radical (unpaired) electrons. The summed E-state index contributed by atoms with van der Waals surface area (Å²) in [5, 5.41) is 0.698. The van der Waals surface area contributed by atoms with E-state index < -0.39 is 10.0 Å². The summed E-state index contributed by atoms with van der Waals surface area (Å²) in [6.45, 7) is 0.670. The van der Waals surface area contributed by atoms with Crippen molar-refractivity contribution < 1.29 is 8.42 Å². The maximum atomic E-state index is 13.0. The molecule has 0 bridgehead atoms. The van der Waals surface area contributed by atoms with Gasteiger partial charge in [-0.3, -0.25) is 4.90 Å². The predicted molar refractivity (Wildman–Crippen MR) is 116 cm³/mol. The van der Waals surface area contributed by atoms with Crippen LogP contribution in [0.4, 0.5) is 0 Å². The number of halogens is 1. The lowest BCUT2D eigenvalue weighted by molar-refractivity contribution is 0.209. The molecule has 0 aliphatic heterocycles. The van der Waals surface area contributed by atoms with Crippen LogP contribution in [-0.2, 0) is 23.0 Å². The summed E-state index contributed by atoms with van der Waals surface area (Å²) < 4.78 is 28.9. The molecule has 2 atom stereocenters. The quantitative estimate of drug-likeness (QED) is 0.634. The minimum Gasteiger partial charge on any atom is -0.293 e. The molecule has 1 aliphatic carbocycles. The molecule has 0 amide bonds. The molecule has 4 nitrogen and oxygen atoms in total. The standard InChI is InChI=1S/C23H23ClN2O2S/c1-26(16-17-8-7-10-19(24)14-17)23-21-13-6-5-9-18(21)15-22(23)25-29(27,28)20-11-3-2-4-12-20/h2-14,22-23,25H,15-16H2,1H3/t22-,23+/m0/s1. The van der Waals surface area contributed by atoms with Gasteiger partial charge in [-0.25, -0.2) is 13.1 Å². The van der Waals surface area contributed by atoms with Gasteiger partial charge in [0.05, 0.1) is 10.9 Å². The van der Waals surface area contributed by atoms with E-state index >= 15 is 0 Å². The number of hydrogen-bond acceptors (Lipinski definition) is 3. The zero-order chi connectivity index (χ0) is 20.4. The van der Waals surface area contributed by atoms with Crippen molar-refractivity contribution in [2.24, 2.45) is 0 Å². The third-order valence-corrected chi connectivity index (χ3v) is 7.09. The Balaban J connectivity index is 1.63. The van der Waals surface area contributed by atoms with Crippen molar-refractivity contribution in [3.05, 3.63) is 101 Å². The monoisotopic (exact) mass is 426 g/mol. The molecule has 0 saturated heterocycles. The van der Waals surface area contributed by atoms with Gasteiger partial charge in [-0.05, 0) is 54.4 Å². The van der Waals surface area contributed by atoms with Crippen molar-refractivity contribution in [1.82, 2.24) is 9.62 Å². The van der Waals surface area contributed by atoms with Gasteiger partial charge in [0.2, 0.25) is 10.0 Å². The van der Waals surface area contributed by atoms with Crippen LogP contribution in [0, 0.1) is 0 Å². The first-order valence-electron chi connectivity index (χ1n) is 9.54. The van der Waals surface area contributed by atoms with E-state index in [2.05, 4.69) is 21.8 Å². The summed E-state index contributed by atoms with van der Waals surface area (Å²) in [6, 6.07) is 24.2. The van der Waals surface area contributed by atoms with E-state index in [9.17, 15) is 8.42 Å². The van der Waals surface area contributed by atoms with E-state index in [0.717, 1.165) is 11.1 Å². The van der Waals surface area contributed by atoms with E-state index in [1.807, 2.05) is 49.5 Å². The minimum atomic E-state index is -3.61. The molecule has 4 rings (SSSR count). The average Bonchev–Trinajstić information content (AvgIpc) is 3.06. The van der Waals surface area contributed by atoms with Crippen LogP contribution in [0.15, 0.2) is 83.8 Å². The highest BCUT2D eigenvalue weighted by Crippen LogP contribution is 2.37. The van der Waals surface area contributed by atoms with Crippen molar-refractivity contribution in [2.75, 3.05) is 7.05 Å². The fourth-order valence-corrected chi connectivity index (χ4v) is 5.59. The normalized spacial score (nSPS) is 18.7. The van der Waals surface area contributed by atoms with E-state index in [1.165, 1.54) is 5.56 Å². The Morgan fingerprint density at radius 1 is 1.00 bits per heavy atom. The third-order valence-electron chi connectivity index (χ3n) is 5.35. The smallest absolute Gasteiger partial charge is 0.240 e. The largest absolute Gasteiger partial charge is 0.293 e. The molecule has 150 valence electrons. The Morgan fingerprint density at radius 2 is 1.72 bits per heavy atom. The average molecular weight is 427 g/mol. The van der Waals surface area contributed by atoms with Crippen LogP contribution >= 0.6 is 11.6 Å². The van der Waals surface area contributed by atoms with Crippen LogP contribution in [-0.4, -0.2) is 26.4 Å². The van der Waals surface area contributed by atoms with Crippen LogP contribution < -0.4 is 4.72 Å². The van der Waals surface area contributed by atoms with Crippen LogP contribution in [0.3, 0.4) is 0 Å². The molecule has 0 fully saturated rings. The second-order valence-corrected chi connectivity index (χ2v) is 9.58. The predicted octanol–water partition coefficient (Wildman–Crippen LogP) is 4.42. The Labute approximate surface area is 177 Å². The highest BCUT2D eigenvalue weighted by atomic mass is 35.5. The molecule has 0 unspecified atom stereocenters. The zero-order valence-electron chi connectivity index (χ0n) is 16.1. The fraction of sp³-hybridized carbons (Fsp3) is 0.217. The first kappa shape index (κ1) is 20.1. The maximum absolute atomic E-state index is 13.0. The minimum absolute atomic E-state index is 0.0660. The van der Waals surface area contributed by atoms with E-state index in [0.29, 0.717) is 18.0 Å². The second-order valence-electron chi connectivity index (χ2n) is 7.43. The van der Waals surface area contributed by atoms with Crippen molar-refractivity contribution in [2.45, 2.75) is 29.9 Å². The van der Waals surface area contributed by atoms with Gasteiger partial charge in [0, 0.05) is 17.6 Å². The Kier molecular flexibility index (Phi) is 5.74. The van der Waals surface area contributed by atoms with Crippen molar-refractivity contribution in [3.63, 3.8) is 0 Å². The number of nitrogens with one attached hydrogen (secondary N) is 1. The Bertz CT molecular complexity index is 1100. The summed E-state index contributed by atoms with van der Waals surface area (Å²) in [5.41, 5.74) is 3.43. The van der Waals surface area contributed by atoms with Crippen LogP contribution in [0.25, 0.3) is 0 Å². The van der Waals surface area contributed by atoms with Gasteiger partial charge in [-0.15, -0.1) is 0 Å². The highest BCUT2D eigenvalue weighted by Gasteiger charge is 2.37. The molecule has 3 aromatic rings. The van der Waals surface area contributed by atoms with Gasteiger partial charge in [-0.1, -0.05) is 66.2 Å². The first-order chi connectivity index (χ1) is 13.9. The summed E-state index contributed by atoms with van der Waals surface area (Å²) >= 11 is 6.14. The lowest BCUT2D eigenvalue weighted by Gasteiger charge is -2.31. The SMILES string of the molecule is CN(Cc1cccc(Cl)c1)[C@@H]1c2ccccc2C[C@@H]1NS(=O)(=O)c1ccccc1. The molecule has 0 heterocycles. The number of fused-ring (bicyclic) bond motifs is 1. The van der Waals surface area contributed by atoms with Gasteiger partial charge in [0.25, 0.3) is 0 Å². The van der Waals surface area contributed by atoms with Gasteiger partial charge in [0.15, 0.2) is 0 Å². The third kappa shape index (κ3) is 4.38. The lowest BCUT2D eigenvalue weighted by Crippen LogP contribution is -2.43. The summed E-state index contributed by atoms with van der Waals surface area (Å²) in [4.78, 5) is 2.47. The van der Waals surface area contributed by atoms with Gasteiger partial charge in [-0.2, -0.15) is 0 Å². The van der Waals surface area contributed by atoms with Gasteiger partial charge >= 0.3 is 0 Å². The van der Waals surface area contributed by atoms with Gasteiger partial charge in [0.1, 0.15) is 0 Å². The number of sulfonamides is 1. The molecule has 0 saturated carbocycles. The maximum Gasteiger partial charge on any atom is 0.240 e. The lowest BCUT2D eigenvalue weighted by atomic mass is 10.0. The Morgan fingerprint density at radius 3 is 2.48 bits per heavy atom. The zero-order valence-corrected chi connectivity index (χ0v) is 17.7. The Hall–Kier alpha value is -2.18. The first-order valence-corrected chi connectivity index (χ1v) is 11.4. The second kappa shape index (κ2) is 8.28. The number of benzene rings is 3. The number of rotatable bonds is 6. The molecular formula is C23H23ClN2O2S. The number of hydrogen-bond donors (Lipinski definition) is 1. The van der Waals surface area contributed by atoms with E-state index in [-0.39, 0.29) is 17.0 Å². The van der Waals surface area contributed by atoms with Gasteiger partial charge < -0.3 is 0 Å². The fourth-order valence-electron chi connectivity index (χ4n) is 4.11. The highest BCUT2D eigenvalue weighted by molar-refractivity contribution is 7.89. The summed E-state index contributed by atoms with van der Waals surface area (Å²) in [7, 11) is -1.58. The van der Waals surface area contributed by atoms with Crippen LogP contribution in [0.5, 0.6) is 0 Å². The van der Waals surface area contributed by atoms with Crippen molar-refractivity contribution in [3.8, 4) is 0 Å². The van der Waals surface area contributed by atoms with Crippen LogP contribution in [0.1, 0.15) is 22.7 Å². The molecule has 3 aromatic carbocycles. The topological polar surface area (TPSA) is 49.4 Å². The number of nitrogens with zero attached hydrogens (tertiary/aromatic N) is 1. The molecule has 29 heavy (non-hydrogen) atoms. The molecular weight excluding hydrogens is 404 g/mol. The van der Waals surface area contributed by atoms with E-state index in [1.54, 1.807) is 24.3 Å². The van der Waals surface area contributed by atoms with Crippen molar-refractivity contribution >= 4 is 21.6 Å². The summed E-state index contributed by atoms with van der Waals surface area (Å²) in [6.07, 6.45) is 0.660. The van der Waals surface area contributed by atoms with Crippen molar-refractivity contribution in [1.29, 1.82) is 0 Å². The molecule has 6 heteroatoms.